The van der Waals surface area contributed by atoms with Gasteiger partial charge in [-0.25, -0.2) is 4.98 Å². The smallest absolute Gasteiger partial charge is 0.126 e. The van der Waals surface area contributed by atoms with Gasteiger partial charge in [-0.3, -0.25) is 0 Å². The van der Waals surface area contributed by atoms with Gasteiger partial charge in [0.2, 0.25) is 0 Å². The Balaban J connectivity index is 0.000000980. The number of aromatic amines is 1. The maximum atomic E-state index is 6.22. The molecule has 15 heavy (non-hydrogen) atoms. The highest BCUT2D eigenvalue weighted by Crippen LogP contribution is 2.26. The van der Waals surface area contributed by atoms with Crippen molar-refractivity contribution in [2.75, 3.05) is 13.2 Å². The molecule has 0 aliphatic carbocycles. The average molecular weight is 254 g/mol. The van der Waals surface area contributed by atoms with Gasteiger partial charge >= 0.3 is 0 Å². The van der Waals surface area contributed by atoms with Crippen LogP contribution < -0.4 is 5.73 Å². The lowest BCUT2D eigenvalue weighted by Gasteiger charge is -2.31. The van der Waals surface area contributed by atoms with E-state index in [2.05, 4.69) is 9.97 Å². The molecule has 6 heteroatoms. The first kappa shape index (κ1) is 14.7. The fourth-order valence-electron chi connectivity index (χ4n) is 1.64. The summed E-state index contributed by atoms with van der Waals surface area (Å²) in [6.45, 7) is 3.45. The lowest BCUT2D eigenvalue weighted by atomic mass is 9.91. The minimum atomic E-state index is -0.299. The number of ether oxygens (including phenoxy) is 1. The number of nitrogens with zero attached hydrogens (tertiary/aromatic N) is 1. The van der Waals surface area contributed by atoms with E-state index in [1.807, 2.05) is 13.1 Å². The monoisotopic (exact) mass is 253 g/mol. The van der Waals surface area contributed by atoms with Crippen LogP contribution in [0.1, 0.15) is 24.4 Å². The Bertz CT molecular complexity index is 297. The number of imidazole rings is 1. The number of rotatable bonds is 1. The number of aromatic nitrogens is 2. The second-order valence-corrected chi connectivity index (χ2v) is 3.68. The third kappa shape index (κ3) is 3.08. The highest BCUT2D eigenvalue weighted by atomic mass is 35.5. The SMILES string of the molecule is Cc1cnc(C2(N)CCOCC2)[nH]1.Cl.Cl. The van der Waals surface area contributed by atoms with Crippen LogP contribution in [0, 0.1) is 6.92 Å². The van der Waals surface area contributed by atoms with Crippen molar-refractivity contribution < 1.29 is 4.74 Å². The van der Waals surface area contributed by atoms with Gasteiger partial charge in [0.25, 0.3) is 0 Å². The summed E-state index contributed by atoms with van der Waals surface area (Å²) >= 11 is 0. The molecule has 0 saturated carbocycles. The van der Waals surface area contributed by atoms with Gasteiger partial charge in [-0.2, -0.15) is 0 Å². The van der Waals surface area contributed by atoms with E-state index in [-0.39, 0.29) is 30.4 Å². The van der Waals surface area contributed by atoms with E-state index in [4.69, 9.17) is 10.5 Å². The van der Waals surface area contributed by atoms with Gasteiger partial charge in [0.1, 0.15) is 5.82 Å². The molecule has 0 bridgehead atoms. The summed E-state index contributed by atoms with van der Waals surface area (Å²) < 4.78 is 5.27. The van der Waals surface area contributed by atoms with Crippen molar-refractivity contribution in [2.45, 2.75) is 25.3 Å². The summed E-state index contributed by atoms with van der Waals surface area (Å²) in [6.07, 6.45) is 3.51. The van der Waals surface area contributed by atoms with Crippen molar-refractivity contribution in [2.24, 2.45) is 5.73 Å². The van der Waals surface area contributed by atoms with E-state index < -0.39 is 0 Å². The summed E-state index contributed by atoms with van der Waals surface area (Å²) in [5.74, 6) is 0.897. The average Bonchev–Trinajstić information content (AvgIpc) is 2.54. The molecule has 1 aliphatic heterocycles. The van der Waals surface area contributed by atoms with Crippen molar-refractivity contribution in [3.8, 4) is 0 Å². The Hall–Kier alpha value is -0.290. The Kier molecular flexibility index (Phi) is 5.59. The molecule has 4 nitrogen and oxygen atoms in total. The molecule has 1 saturated heterocycles. The predicted molar refractivity (Wildman–Crippen MR) is 63.7 cm³/mol. The van der Waals surface area contributed by atoms with Crippen LogP contribution >= 0.6 is 24.8 Å². The molecule has 88 valence electrons. The Labute approximate surface area is 102 Å². The molecule has 3 N–H and O–H groups in total. The lowest BCUT2D eigenvalue weighted by Crippen LogP contribution is -2.43. The third-order valence-electron chi connectivity index (χ3n) is 2.56. The third-order valence-corrected chi connectivity index (χ3v) is 2.56. The first-order valence-electron chi connectivity index (χ1n) is 4.59. The number of nitrogens with two attached hydrogens (primary N) is 1. The lowest BCUT2D eigenvalue weighted by molar-refractivity contribution is 0.0494. The van der Waals surface area contributed by atoms with E-state index in [1.165, 1.54) is 0 Å². The molecule has 0 unspecified atom stereocenters. The molecular weight excluding hydrogens is 237 g/mol. The van der Waals surface area contributed by atoms with E-state index in [0.717, 1.165) is 37.6 Å². The molecule has 0 spiro atoms. The standard InChI is InChI=1S/C9H15N3O.2ClH/c1-7-6-11-8(12-7)9(10)2-4-13-5-3-9;;/h6H,2-5,10H2,1H3,(H,11,12);2*1H. The molecule has 2 heterocycles. The van der Waals surface area contributed by atoms with Crippen molar-refractivity contribution in [3.63, 3.8) is 0 Å². The fourth-order valence-corrected chi connectivity index (χ4v) is 1.64. The molecule has 0 aromatic carbocycles. The van der Waals surface area contributed by atoms with E-state index in [9.17, 15) is 0 Å². The van der Waals surface area contributed by atoms with Gasteiger partial charge in [0.05, 0.1) is 5.54 Å². The normalized spacial score (nSPS) is 18.8. The number of halogens is 2. The highest BCUT2D eigenvalue weighted by molar-refractivity contribution is 5.85. The van der Waals surface area contributed by atoms with E-state index in [1.54, 1.807) is 0 Å². The van der Waals surface area contributed by atoms with Crippen LogP contribution in [-0.2, 0) is 10.3 Å². The molecule has 0 atom stereocenters. The molecule has 1 fully saturated rings. The summed E-state index contributed by atoms with van der Waals surface area (Å²) in [6, 6.07) is 0. The maximum Gasteiger partial charge on any atom is 0.126 e. The number of H-pyrrole nitrogens is 1. The van der Waals surface area contributed by atoms with Crippen LogP contribution in [0.2, 0.25) is 0 Å². The molecule has 0 radical (unpaired) electrons. The number of hydrogen-bond acceptors (Lipinski definition) is 3. The summed E-state index contributed by atoms with van der Waals surface area (Å²) in [7, 11) is 0. The van der Waals surface area contributed by atoms with Crippen molar-refractivity contribution >= 4 is 24.8 Å². The van der Waals surface area contributed by atoms with Crippen LogP contribution in [0.5, 0.6) is 0 Å². The number of aryl methyl sites for hydroxylation is 1. The van der Waals surface area contributed by atoms with E-state index in [0.29, 0.717) is 0 Å². The van der Waals surface area contributed by atoms with Crippen molar-refractivity contribution in [1.29, 1.82) is 0 Å². The summed E-state index contributed by atoms with van der Waals surface area (Å²) in [4.78, 5) is 7.47. The zero-order valence-corrected chi connectivity index (χ0v) is 10.3. The van der Waals surface area contributed by atoms with Gasteiger partial charge in [-0.15, -0.1) is 24.8 Å². The van der Waals surface area contributed by atoms with Gasteiger partial charge < -0.3 is 15.5 Å². The van der Waals surface area contributed by atoms with Gasteiger partial charge in [-0.1, -0.05) is 0 Å². The van der Waals surface area contributed by atoms with Crippen LogP contribution in [0.25, 0.3) is 0 Å². The Morgan fingerprint density at radius 1 is 1.40 bits per heavy atom. The molecule has 1 aliphatic rings. The topological polar surface area (TPSA) is 63.9 Å². The van der Waals surface area contributed by atoms with Gasteiger partial charge in [-0.05, 0) is 19.8 Å². The first-order valence-corrected chi connectivity index (χ1v) is 4.59. The zero-order chi connectivity index (χ0) is 9.31. The Morgan fingerprint density at radius 2 is 2.00 bits per heavy atom. The number of hydrogen-bond donors (Lipinski definition) is 2. The second-order valence-electron chi connectivity index (χ2n) is 3.68. The molecule has 1 aromatic rings. The summed E-state index contributed by atoms with van der Waals surface area (Å²) in [5, 5.41) is 0. The van der Waals surface area contributed by atoms with Crippen LogP contribution in [0.15, 0.2) is 6.20 Å². The van der Waals surface area contributed by atoms with Gasteiger partial charge in [0, 0.05) is 25.1 Å². The zero-order valence-electron chi connectivity index (χ0n) is 8.66. The largest absolute Gasteiger partial charge is 0.381 e. The first-order chi connectivity index (χ1) is 6.21. The quantitative estimate of drug-likeness (QED) is 0.798. The minimum Gasteiger partial charge on any atom is -0.381 e. The van der Waals surface area contributed by atoms with Crippen molar-refractivity contribution in [3.05, 3.63) is 17.7 Å². The number of nitrogens with one attached hydrogen (secondary N) is 1. The van der Waals surface area contributed by atoms with Crippen LogP contribution in [0.4, 0.5) is 0 Å². The van der Waals surface area contributed by atoms with Crippen molar-refractivity contribution in [1.82, 2.24) is 9.97 Å². The van der Waals surface area contributed by atoms with Crippen LogP contribution in [0.3, 0.4) is 0 Å². The fraction of sp³-hybridized carbons (Fsp3) is 0.667. The van der Waals surface area contributed by atoms with E-state index >= 15 is 0 Å². The minimum absolute atomic E-state index is 0. The molecular formula is C9H17Cl2N3O. The second kappa shape index (κ2) is 5.70. The summed E-state index contributed by atoms with van der Waals surface area (Å²) in [5.41, 5.74) is 6.98. The predicted octanol–water partition coefficient (Wildman–Crippen LogP) is 1.53. The Morgan fingerprint density at radius 3 is 2.47 bits per heavy atom. The molecule has 1 aromatic heterocycles. The molecule has 2 rings (SSSR count). The maximum absolute atomic E-state index is 6.22. The highest BCUT2D eigenvalue weighted by Gasteiger charge is 2.32. The van der Waals surface area contributed by atoms with Crippen LogP contribution in [-0.4, -0.2) is 23.2 Å². The molecule has 0 amide bonds. The van der Waals surface area contributed by atoms with Gasteiger partial charge in [0.15, 0.2) is 0 Å².